The number of hydrogen-bond acceptors (Lipinski definition) is 4. The number of nitrogens with zero attached hydrogens (tertiary/aromatic N) is 1. The molecule has 0 atom stereocenters. The maximum absolute atomic E-state index is 14.2. The molecule has 1 amide bonds. The Kier molecular flexibility index (Phi) is 6.18. The monoisotopic (exact) mass is 406 g/mol. The molecule has 0 aliphatic carbocycles. The van der Waals surface area contributed by atoms with Crippen molar-refractivity contribution in [2.24, 2.45) is 0 Å². The molecule has 0 saturated carbocycles. The number of rotatable bonds is 6. The molecule has 0 radical (unpaired) electrons. The zero-order chi connectivity index (χ0) is 21.7. The molecule has 0 fully saturated rings. The average molecular weight is 406 g/mol. The summed E-state index contributed by atoms with van der Waals surface area (Å²) in [6.45, 7) is 0. The van der Waals surface area contributed by atoms with E-state index in [0.29, 0.717) is 17.0 Å². The van der Waals surface area contributed by atoms with Crippen LogP contribution < -0.4 is 10.1 Å². The van der Waals surface area contributed by atoms with Gasteiger partial charge in [0.05, 0.1) is 30.7 Å². The van der Waals surface area contributed by atoms with Gasteiger partial charge < -0.3 is 10.1 Å². The third-order valence-corrected chi connectivity index (χ3v) is 4.36. The number of nitriles is 1. The predicted octanol–water partition coefficient (Wildman–Crippen LogP) is 4.72. The van der Waals surface area contributed by atoms with Crippen molar-refractivity contribution in [2.75, 3.05) is 12.4 Å². The molecule has 30 heavy (non-hydrogen) atoms. The fraction of sp³-hybridized carbons (Fsp3) is 0.0870. The van der Waals surface area contributed by atoms with Gasteiger partial charge in [-0.05, 0) is 42.5 Å². The molecular weight excluding hydrogens is 390 g/mol. The highest BCUT2D eigenvalue weighted by atomic mass is 19.1. The van der Waals surface area contributed by atoms with Crippen molar-refractivity contribution in [3.63, 3.8) is 0 Å². The summed E-state index contributed by atoms with van der Waals surface area (Å²) in [6, 6.07) is 15.9. The summed E-state index contributed by atoms with van der Waals surface area (Å²) < 4.78 is 33.4. The van der Waals surface area contributed by atoms with Gasteiger partial charge in [-0.2, -0.15) is 5.26 Å². The quantitative estimate of drug-likeness (QED) is 0.474. The summed E-state index contributed by atoms with van der Waals surface area (Å²) in [5.41, 5.74) is 0.818. The third-order valence-electron chi connectivity index (χ3n) is 4.36. The predicted molar refractivity (Wildman–Crippen MR) is 107 cm³/mol. The van der Waals surface area contributed by atoms with E-state index in [9.17, 15) is 18.4 Å². The Balaban J connectivity index is 1.81. The fourth-order valence-corrected chi connectivity index (χ4v) is 2.93. The largest absolute Gasteiger partial charge is 0.496 e. The van der Waals surface area contributed by atoms with Crippen molar-refractivity contribution in [1.82, 2.24) is 0 Å². The Morgan fingerprint density at radius 1 is 1.00 bits per heavy atom. The topological polar surface area (TPSA) is 79.2 Å². The zero-order valence-corrected chi connectivity index (χ0v) is 15.9. The number of nitrogens with one attached hydrogen (secondary N) is 1. The molecule has 0 aliphatic heterocycles. The number of ketones is 1. The van der Waals surface area contributed by atoms with Gasteiger partial charge in [-0.15, -0.1) is 0 Å². The summed E-state index contributed by atoms with van der Waals surface area (Å²) in [6.07, 6.45) is -0.618. The molecule has 3 rings (SSSR count). The molecule has 0 aromatic heterocycles. The summed E-state index contributed by atoms with van der Waals surface area (Å²) in [5, 5.41) is 11.4. The first-order chi connectivity index (χ1) is 14.4. The highest BCUT2D eigenvalue weighted by Gasteiger charge is 2.18. The van der Waals surface area contributed by atoms with Gasteiger partial charge in [0.15, 0.2) is 5.78 Å². The third kappa shape index (κ3) is 4.50. The van der Waals surface area contributed by atoms with Crippen molar-refractivity contribution < 1.29 is 23.1 Å². The van der Waals surface area contributed by atoms with Crippen LogP contribution in [0.5, 0.6) is 5.75 Å². The Hall–Kier alpha value is -4.05. The summed E-state index contributed by atoms with van der Waals surface area (Å²) in [7, 11) is 1.44. The molecule has 3 aromatic carbocycles. The molecule has 5 nitrogen and oxygen atoms in total. The Morgan fingerprint density at radius 2 is 1.77 bits per heavy atom. The Morgan fingerprint density at radius 3 is 2.47 bits per heavy atom. The van der Waals surface area contributed by atoms with Crippen molar-refractivity contribution in [3.8, 4) is 22.9 Å². The molecule has 0 saturated heterocycles. The number of carbonyl (C=O) groups is 2. The molecule has 150 valence electrons. The Bertz CT molecular complexity index is 1170. The zero-order valence-electron chi connectivity index (χ0n) is 15.9. The highest BCUT2D eigenvalue weighted by molar-refractivity contribution is 6.11. The van der Waals surface area contributed by atoms with Gasteiger partial charge in [0, 0.05) is 16.8 Å². The second kappa shape index (κ2) is 8.97. The normalized spacial score (nSPS) is 10.2. The van der Waals surface area contributed by atoms with E-state index in [1.54, 1.807) is 30.3 Å². The molecule has 0 bridgehead atoms. The standard InChI is InChI=1S/C23H16F2N2O3/c1-30-22-9-7-15(11-17(22)16-4-2-3-5-19(16)24)27-23(29)12-21(28)18-10-14(13-26)6-8-20(18)25/h2-11H,12H2,1H3,(H,27,29). The summed E-state index contributed by atoms with van der Waals surface area (Å²) in [4.78, 5) is 24.6. The lowest BCUT2D eigenvalue weighted by Crippen LogP contribution is -2.17. The molecule has 0 unspecified atom stereocenters. The van der Waals surface area contributed by atoms with Gasteiger partial charge in [-0.3, -0.25) is 9.59 Å². The lowest BCUT2D eigenvalue weighted by atomic mass is 10.0. The van der Waals surface area contributed by atoms with E-state index < -0.39 is 29.7 Å². The first kappa shape index (κ1) is 20.7. The summed E-state index contributed by atoms with van der Waals surface area (Å²) in [5.74, 6) is -2.29. The van der Waals surface area contributed by atoms with Crippen LogP contribution in [0.1, 0.15) is 22.3 Å². The van der Waals surface area contributed by atoms with Crippen LogP contribution in [0, 0.1) is 23.0 Å². The van der Waals surface area contributed by atoms with Gasteiger partial charge >= 0.3 is 0 Å². The number of methoxy groups -OCH3 is 1. The van der Waals surface area contributed by atoms with Crippen LogP contribution in [0.25, 0.3) is 11.1 Å². The number of carbonyl (C=O) groups excluding carboxylic acids is 2. The maximum atomic E-state index is 14.2. The lowest BCUT2D eigenvalue weighted by Gasteiger charge is -2.12. The average Bonchev–Trinajstić information content (AvgIpc) is 2.74. The molecule has 0 spiro atoms. The van der Waals surface area contributed by atoms with Crippen LogP contribution in [0.4, 0.5) is 14.5 Å². The molecule has 1 N–H and O–H groups in total. The van der Waals surface area contributed by atoms with E-state index in [1.807, 2.05) is 6.07 Å². The first-order valence-corrected chi connectivity index (χ1v) is 8.88. The van der Waals surface area contributed by atoms with Crippen molar-refractivity contribution in [2.45, 2.75) is 6.42 Å². The van der Waals surface area contributed by atoms with E-state index >= 15 is 0 Å². The molecule has 7 heteroatoms. The molecular formula is C23H16F2N2O3. The SMILES string of the molecule is COc1ccc(NC(=O)CC(=O)c2cc(C#N)ccc2F)cc1-c1ccccc1F. The number of hydrogen-bond donors (Lipinski definition) is 1. The van der Waals surface area contributed by atoms with E-state index in [0.717, 1.165) is 12.1 Å². The number of anilines is 1. The van der Waals surface area contributed by atoms with E-state index in [2.05, 4.69) is 5.32 Å². The van der Waals surface area contributed by atoms with Crippen LogP contribution in [-0.4, -0.2) is 18.8 Å². The van der Waals surface area contributed by atoms with Crippen LogP contribution in [-0.2, 0) is 4.79 Å². The number of Topliss-reactive ketones (excluding diaryl/α,β-unsaturated/α-hetero) is 1. The van der Waals surface area contributed by atoms with Crippen LogP contribution in [0.3, 0.4) is 0 Å². The smallest absolute Gasteiger partial charge is 0.232 e. The Labute approximate surface area is 171 Å². The number of ether oxygens (including phenoxy) is 1. The fourth-order valence-electron chi connectivity index (χ4n) is 2.93. The van der Waals surface area contributed by atoms with Gasteiger partial charge in [0.2, 0.25) is 5.91 Å². The number of benzene rings is 3. The van der Waals surface area contributed by atoms with Gasteiger partial charge in [0.1, 0.15) is 17.4 Å². The van der Waals surface area contributed by atoms with Crippen LogP contribution in [0.2, 0.25) is 0 Å². The van der Waals surface area contributed by atoms with Crippen molar-refractivity contribution in [3.05, 3.63) is 83.4 Å². The van der Waals surface area contributed by atoms with Crippen LogP contribution in [0.15, 0.2) is 60.7 Å². The van der Waals surface area contributed by atoms with E-state index in [4.69, 9.17) is 10.00 Å². The second-order valence-corrected chi connectivity index (χ2v) is 6.35. The van der Waals surface area contributed by atoms with Gasteiger partial charge in [-0.25, -0.2) is 8.78 Å². The number of halogens is 2. The van der Waals surface area contributed by atoms with Crippen LogP contribution >= 0.6 is 0 Å². The van der Waals surface area contributed by atoms with Gasteiger partial charge in [-0.1, -0.05) is 18.2 Å². The van der Waals surface area contributed by atoms with E-state index in [1.165, 1.54) is 25.3 Å². The first-order valence-electron chi connectivity index (χ1n) is 8.88. The number of amides is 1. The van der Waals surface area contributed by atoms with Crippen molar-refractivity contribution in [1.29, 1.82) is 5.26 Å². The second-order valence-electron chi connectivity index (χ2n) is 6.35. The minimum absolute atomic E-state index is 0.116. The van der Waals surface area contributed by atoms with E-state index in [-0.39, 0.29) is 16.7 Å². The minimum atomic E-state index is -0.807. The summed E-state index contributed by atoms with van der Waals surface area (Å²) >= 11 is 0. The minimum Gasteiger partial charge on any atom is -0.496 e. The van der Waals surface area contributed by atoms with Gasteiger partial charge in [0.25, 0.3) is 0 Å². The molecule has 0 heterocycles. The highest BCUT2D eigenvalue weighted by Crippen LogP contribution is 2.34. The lowest BCUT2D eigenvalue weighted by molar-refractivity contribution is -0.115. The molecule has 0 aliphatic rings. The van der Waals surface area contributed by atoms with Crippen molar-refractivity contribution >= 4 is 17.4 Å². The molecule has 3 aromatic rings. The maximum Gasteiger partial charge on any atom is 0.232 e.